The second kappa shape index (κ2) is 8.88. The third kappa shape index (κ3) is 4.92. The van der Waals surface area contributed by atoms with E-state index in [0.29, 0.717) is 25.8 Å². The summed E-state index contributed by atoms with van der Waals surface area (Å²) in [6, 6.07) is 14.1. The summed E-state index contributed by atoms with van der Waals surface area (Å²) in [4.78, 5) is 31.1. The van der Waals surface area contributed by atoms with Gasteiger partial charge < -0.3 is 10.6 Å². The third-order valence-electron chi connectivity index (χ3n) is 5.29. The van der Waals surface area contributed by atoms with Crippen LogP contribution in [0, 0.1) is 0 Å². The Morgan fingerprint density at radius 3 is 2.76 bits per heavy atom. The molecule has 3 aromatic rings. The van der Waals surface area contributed by atoms with Crippen molar-refractivity contribution in [3.05, 3.63) is 63.1 Å². The number of carbonyl (C=O) groups is 2. The van der Waals surface area contributed by atoms with E-state index in [9.17, 15) is 9.59 Å². The van der Waals surface area contributed by atoms with E-state index in [4.69, 9.17) is 0 Å². The molecule has 3 heterocycles. The Kier molecular flexibility index (Phi) is 6.06. The van der Waals surface area contributed by atoms with E-state index in [-0.39, 0.29) is 17.4 Å². The molecule has 1 saturated heterocycles. The molecule has 2 aromatic heterocycles. The van der Waals surface area contributed by atoms with Crippen molar-refractivity contribution < 1.29 is 9.59 Å². The molecule has 1 fully saturated rings. The molecular formula is C22H23N3O2S2. The number of benzene rings is 1. The van der Waals surface area contributed by atoms with Crippen LogP contribution in [0.3, 0.4) is 0 Å². The number of aromatic nitrogens is 1. The fraction of sp³-hybridized carbons (Fsp3) is 0.318. The highest BCUT2D eigenvalue weighted by atomic mass is 32.1. The summed E-state index contributed by atoms with van der Waals surface area (Å²) in [5.41, 5.74) is 3.49. The van der Waals surface area contributed by atoms with Gasteiger partial charge in [0.2, 0.25) is 11.8 Å². The van der Waals surface area contributed by atoms with Gasteiger partial charge in [-0.05, 0) is 24.3 Å². The highest BCUT2D eigenvalue weighted by Gasteiger charge is 2.38. The Labute approximate surface area is 178 Å². The fourth-order valence-electron chi connectivity index (χ4n) is 3.78. The fourth-order valence-corrected chi connectivity index (χ4v) is 5.35. The average Bonchev–Trinajstić information content (AvgIpc) is 3.48. The van der Waals surface area contributed by atoms with Crippen LogP contribution in [0.25, 0.3) is 11.3 Å². The van der Waals surface area contributed by atoms with Gasteiger partial charge in [0.25, 0.3) is 0 Å². The van der Waals surface area contributed by atoms with Crippen LogP contribution in [0.2, 0.25) is 0 Å². The Morgan fingerprint density at radius 2 is 2.03 bits per heavy atom. The number of hydrogen-bond donors (Lipinski definition) is 2. The van der Waals surface area contributed by atoms with E-state index in [2.05, 4.69) is 21.7 Å². The Balaban J connectivity index is 1.34. The predicted octanol–water partition coefficient (Wildman–Crippen LogP) is 4.16. The topological polar surface area (TPSA) is 71.1 Å². The molecule has 0 bridgehead atoms. The van der Waals surface area contributed by atoms with Crippen molar-refractivity contribution in [3.8, 4) is 11.3 Å². The standard InChI is InChI=1S/C22H23N3O2S2/c26-19(23-14-18-21(24-15-29-18)16-5-2-1-3-6-16)8-10-22(11-9-20(27)25-22)13-17-7-4-12-28-17/h1-7,12,15H,8-11,13-14H2,(H,23,26)(H,25,27)/t22-/m1/s1. The lowest BCUT2D eigenvalue weighted by Gasteiger charge is -2.28. The van der Waals surface area contributed by atoms with E-state index < -0.39 is 0 Å². The molecule has 0 saturated carbocycles. The van der Waals surface area contributed by atoms with Gasteiger partial charge in [-0.3, -0.25) is 9.59 Å². The van der Waals surface area contributed by atoms with Gasteiger partial charge in [0.1, 0.15) is 0 Å². The van der Waals surface area contributed by atoms with Crippen LogP contribution in [0.15, 0.2) is 53.4 Å². The predicted molar refractivity (Wildman–Crippen MR) is 117 cm³/mol. The molecule has 1 aromatic carbocycles. The van der Waals surface area contributed by atoms with Crippen molar-refractivity contribution in [3.63, 3.8) is 0 Å². The second-order valence-electron chi connectivity index (χ2n) is 7.35. The van der Waals surface area contributed by atoms with Crippen LogP contribution >= 0.6 is 22.7 Å². The molecule has 1 atom stereocenters. The monoisotopic (exact) mass is 425 g/mol. The lowest BCUT2D eigenvalue weighted by atomic mass is 9.87. The maximum absolute atomic E-state index is 12.5. The van der Waals surface area contributed by atoms with Crippen LogP contribution < -0.4 is 10.6 Å². The number of nitrogens with zero attached hydrogens (tertiary/aromatic N) is 1. The molecule has 29 heavy (non-hydrogen) atoms. The van der Waals surface area contributed by atoms with Gasteiger partial charge in [0.05, 0.1) is 22.6 Å². The largest absolute Gasteiger partial charge is 0.351 e. The van der Waals surface area contributed by atoms with Crippen LogP contribution in [-0.4, -0.2) is 22.3 Å². The van der Waals surface area contributed by atoms with Crippen molar-refractivity contribution in [2.75, 3.05) is 0 Å². The van der Waals surface area contributed by atoms with Crippen molar-refractivity contribution in [2.24, 2.45) is 0 Å². The molecule has 150 valence electrons. The third-order valence-corrected chi connectivity index (χ3v) is 7.00. The maximum atomic E-state index is 12.5. The Morgan fingerprint density at radius 1 is 1.17 bits per heavy atom. The van der Waals surface area contributed by atoms with Crippen LogP contribution in [-0.2, 0) is 22.6 Å². The number of amides is 2. The van der Waals surface area contributed by atoms with Gasteiger partial charge >= 0.3 is 0 Å². The number of carbonyl (C=O) groups excluding carboxylic acids is 2. The van der Waals surface area contributed by atoms with Gasteiger partial charge in [0, 0.05) is 35.2 Å². The first-order valence-corrected chi connectivity index (χ1v) is 11.5. The second-order valence-corrected chi connectivity index (χ2v) is 9.32. The van der Waals surface area contributed by atoms with Gasteiger partial charge in [-0.25, -0.2) is 4.98 Å². The summed E-state index contributed by atoms with van der Waals surface area (Å²) in [5.74, 6) is 0.0863. The molecular weight excluding hydrogens is 402 g/mol. The van der Waals surface area contributed by atoms with Crippen LogP contribution in [0.1, 0.15) is 35.4 Å². The van der Waals surface area contributed by atoms with E-state index in [1.165, 1.54) is 4.88 Å². The lowest BCUT2D eigenvalue weighted by molar-refractivity contribution is -0.122. The summed E-state index contributed by atoms with van der Waals surface area (Å²) in [6.45, 7) is 0.470. The van der Waals surface area contributed by atoms with Crippen LogP contribution in [0.4, 0.5) is 0 Å². The summed E-state index contributed by atoms with van der Waals surface area (Å²) in [7, 11) is 0. The SMILES string of the molecule is O=C(CC[C@]1(Cc2cccs2)CCC(=O)N1)NCc1scnc1-c1ccccc1. The highest BCUT2D eigenvalue weighted by Crippen LogP contribution is 2.31. The minimum atomic E-state index is -0.307. The van der Waals surface area contributed by atoms with Gasteiger partial charge in [-0.2, -0.15) is 0 Å². The smallest absolute Gasteiger partial charge is 0.220 e. The minimum Gasteiger partial charge on any atom is -0.351 e. The van der Waals surface area contributed by atoms with Crippen LogP contribution in [0.5, 0.6) is 0 Å². The molecule has 1 aliphatic heterocycles. The maximum Gasteiger partial charge on any atom is 0.220 e. The Bertz CT molecular complexity index is 969. The van der Waals surface area contributed by atoms with E-state index in [1.807, 2.05) is 47.3 Å². The van der Waals surface area contributed by atoms with E-state index >= 15 is 0 Å². The molecule has 2 amide bonds. The zero-order chi connectivity index (χ0) is 20.1. The Hall–Kier alpha value is -2.51. The summed E-state index contributed by atoms with van der Waals surface area (Å²) in [5, 5.41) is 8.22. The zero-order valence-electron chi connectivity index (χ0n) is 16.0. The average molecular weight is 426 g/mol. The quantitative estimate of drug-likeness (QED) is 0.569. The normalized spacial score (nSPS) is 18.6. The lowest BCUT2D eigenvalue weighted by Crippen LogP contribution is -2.44. The van der Waals surface area contributed by atoms with Gasteiger partial charge in [0.15, 0.2) is 0 Å². The van der Waals surface area contributed by atoms with Crippen molar-refractivity contribution in [1.82, 2.24) is 15.6 Å². The number of rotatable bonds is 8. The molecule has 7 heteroatoms. The highest BCUT2D eigenvalue weighted by molar-refractivity contribution is 7.10. The first-order chi connectivity index (χ1) is 14.1. The molecule has 5 nitrogen and oxygen atoms in total. The molecule has 4 rings (SSSR count). The number of nitrogens with one attached hydrogen (secondary N) is 2. The van der Waals surface area contributed by atoms with E-state index in [1.54, 1.807) is 22.7 Å². The summed E-state index contributed by atoms with van der Waals surface area (Å²) in [6.07, 6.45) is 3.15. The zero-order valence-corrected chi connectivity index (χ0v) is 17.7. The van der Waals surface area contributed by atoms with Gasteiger partial charge in [-0.15, -0.1) is 22.7 Å². The molecule has 0 spiro atoms. The molecule has 1 aliphatic rings. The molecule has 0 aliphatic carbocycles. The number of thiazole rings is 1. The molecule has 0 unspecified atom stereocenters. The molecule has 2 N–H and O–H groups in total. The van der Waals surface area contributed by atoms with Crippen molar-refractivity contribution in [2.45, 2.75) is 44.2 Å². The minimum absolute atomic E-state index is 0.00381. The number of hydrogen-bond acceptors (Lipinski definition) is 5. The molecule has 0 radical (unpaired) electrons. The first kappa shape index (κ1) is 19.8. The van der Waals surface area contributed by atoms with Crippen molar-refractivity contribution in [1.29, 1.82) is 0 Å². The summed E-state index contributed by atoms with van der Waals surface area (Å²) < 4.78 is 0. The number of thiophene rings is 1. The van der Waals surface area contributed by atoms with E-state index in [0.717, 1.165) is 29.0 Å². The first-order valence-electron chi connectivity index (χ1n) is 9.71. The summed E-state index contributed by atoms with van der Waals surface area (Å²) >= 11 is 3.25. The van der Waals surface area contributed by atoms with Gasteiger partial charge in [-0.1, -0.05) is 36.4 Å². The van der Waals surface area contributed by atoms with Crippen molar-refractivity contribution >= 4 is 34.5 Å².